The minimum absolute atomic E-state index is 0.0318. The molecular formula is C18H24N2O4. The third-order valence-corrected chi connectivity index (χ3v) is 4.56. The van der Waals surface area contributed by atoms with Crippen LogP contribution in [0.4, 0.5) is 0 Å². The number of hydrogen-bond donors (Lipinski definition) is 0. The molecule has 130 valence electrons. The summed E-state index contributed by atoms with van der Waals surface area (Å²) in [5, 5.41) is 0. The monoisotopic (exact) mass is 332 g/mol. The van der Waals surface area contributed by atoms with E-state index in [0.29, 0.717) is 38.6 Å². The fourth-order valence-corrected chi connectivity index (χ4v) is 3.18. The van der Waals surface area contributed by atoms with Crippen molar-refractivity contribution in [2.45, 2.75) is 25.8 Å². The lowest BCUT2D eigenvalue weighted by atomic mass is 10.2. The van der Waals surface area contributed by atoms with Gasteiger partial charge in [-0.2, -0.15) is 0 Å². The Morgan fingerprint density at radius 3 is 2.58 bits per heavy atom. The maximum absolute atomic E-state index is 12.7. The molecule has 1 aromatic rings. The molecule has 2 amide bonds. The van der Waals surface area contributed by atoms with E-state index < -0.39 is 0 Å². The van der Waals surface area contributed by atoms with Crippen LogP contribution in [-0.2, 0) is 14.3 Å². The van der Waals surface area contributed by atoms with Crippen molar-refractivity contribution >= 4 is 11.8 Å². The zero-order chi connectivity index (χ0) is 16.9. The molecule has 0 saturated carbocycles. The zero-order valence-corrected chi connectivity index (χ0v) is 14.1. The summed E-state index contributed by atoms with van der Waals surface area (Å²) in [6, 6.07) is 7.24. The highest BCUT2D eigenvalue weighted by Gasteiger charge is 2.36. The van der Waals surface area contributed by atoms with Crippen LogP contribution >= 0.6 is 0 Å². The summed E-state index contributed by atoms with van der Waals surface area (Å²) in [6.07, 6.45) is 1.59. The SMILES string of the molecule is Cc1ccc(OCC(=O)N2CCC[C@H]2C(=O)N2CCOCC2)cc1. The van der Waals surface area contributed by atoms with E-state index in [0.717, 1.165) is 18.4 Å². The van der Waals surface area contributed by atoms with Gasteiger partial charge >= 0.3 is 0 Å². The van der Waals surface area contributed by atoms with Gasteiger partial charge in [0.25, 0.3) is 5.91 Å². The molecule has 2 aliphatic heterocycles. The number of morpholine rings is 1. The van der Waals surface area contributed by atoms with Crippen LogP contribution < -0.4 is 4.74 Å². The molecule has 2 saturated heterocycles. The highest BCUT2D eigenvalue weighted by atomic mass is 16.5. The summed E-state index contributed by atoms with van der Waals surface area (Å²) in [4.78, 5) is 28.6. The molecule has 0 aromatic heterocycles. The first-order valence-electron chi connectivity index (χ1n) is 8.50. The first-order chi connectivity index (χ1) is 11.6. The van der Waals surface area contributed by atoms with E-state index in [-0.39, 0.29) is 24.5 Å². The molecule has 0 N–H and O–H groups in total. The molecule has 0 spiro atoms. The van der Waals surface area contributed by atoms with Gasteiger partial charge < -0.3 is 19.3 Å². The third-order valence-electron chi connectivity index (χ3n) is 4.56. The smallest absolute Gasteiger partial charge is 0.261 e. The predicted molar refractivity (Wildman–Crippen MR) is 88.8 cm³/mol. The van der Waals surface area contributed by atoms with Gasteiger partial charge in [0.2, 0.25) is 5.91 Å². The number of benzene rings is 1. The topological polar surface area (TPSA) is 59.1 Å². The molecule has 2 aliphatic rings. The van der Waals surface area contributed by atoms with Crippen molar-refractivity contribution in [2.75, 3.05) is 39.5 Å². The number of ether oxygens (including phenoxy) is 2. The van der Waals surface area contributed by atoms with Crippen LogP contribution in [-0.4, -0.2) is 67.1 Å². The number of nitrogens with zero attached hydrogens (tertiary/aromatic N) is 2. The normalized spacial score (nSPS) is 21.0. The second-order valence-corrected chi connectivity index (χ2v) is 6.28. The number of carbonyl (C=O) groups excluding carboxylic acids is 2. The number of rotatable bonds is 4. The van der Waals surface area contributed by atoms with E-state index in [1.165, 1.54) is 0 Å². The first-order valence-corrected chi connectivity index (χ1v) is 8.50. The molecule has 6 nitrogen and oxygen atoms in total. The van der Waals surface area contributed by atoms with Crippen LogP contribution in [0.3, 0.4) is 0 Å². The van der Waals surface area contributed by atoms with E-state index in [1.807, 2.05) is 31.2 Å². The number of likely N-dealkylation sites (tertiary alicyclic amines) is 1. The average molecular weight is 332 g/mol. The lowest BCUT2D eigenvalue weighted by Crippen LogP contribution is -2.51. The lowest BCUT2D eigenvalue weighted by Gasteiger charge is -2.32. The standard InChI is InChI=1S/C18H24N2O4/c1-14-4-6-15(7-5-14)24-13-17(21)20-8-2-3-16(20)18(22)19-9-11-23-12-10-19/h4-7,16H,2-3,8-13H2,1H3/t16-/m0/s1. The Balaban J connectivity index is 1.56. The zero-order valence-electron chi connectivity index (χ0n) is 14.1. The number of amides is 2. The van der Waals surface area contributed by atoms with Crippen LogP contribution in [0.5, 0.6) is 5.75 Å². The number of aryl methyl sites for hydroxylation is 1. The average Bonchev–Trinajstić information content (AvgIpc) is 3.11. The Kier molecular flexibility index (Phi) is 5.35. The molecule has 3 rings (SSSR count). The third kappa shape index (κ3) is 3.87. The number of carbonyl (C=O) groups is 2. The lowest BCUT2D eigenvalue weighted by molar-refractivity contribution is -0.147. The van der Waals surface area contributed by atoms with Gasteiger partial charge in [-0.3, -0.25) is 9.59 Å². The minimum Gasteiger partial charge on any atom is -0.484 e. The van der Waals surface area contributed by atoms with Gasteiger partial charge in [0.05, 0.1) is 13.2 Å². The van der Waals surface area contributed by atoms with E-state index >= 15 is 0 Å². The summed E-state index contributed by atoms with van der Waals surface area (Å²) < 4.78 is 10.9. The summed E-state index contributed by atoms with van der Waals surface area (Å²) >= 11 is 0. The summed E-state index contributed by atoms with van der Waals surface area (Å²) in [5.74, 6) is 0.586. The summed E-state index contributed by atoms with van der Waals surface area (Å²) in [6.45, 7) is 4.95. The van der Waals surface area contributed by atoms with Gasteiger partial charge in [-0.05, 0) is 31.9 Å². The van der Waals surface area contributed by atoms with Crippen molar-refractivity contribution in [3.05, 3.63) is 29.8 Å². The van der Waals surface area contributed by atoms with Gasteiger partial charge in [-0.1, -0.05) is 17.7 Å². The molecule has 0 radical (unpaired) electrons. The Bertz CT molecular complexity index is 581. The molecule has 0 unspecified atom stereocenters. The molecule has 0 bridgehead atoms. The molecule has 1 aromatic carbocycles. The van der Waals surface area contributed by atoms with Gasteiger partial charge in [0.15, 0.2) is 6.61 Å². The van der Waals surface area contributed by atoms with Gasteiger partial charge in [-0.15, -0.1) is 0 Å². The highest BCUT2D eigenvalue weighted by molar-refractivity contribution is 5.88. The highest BCUT2D eigenvalue weighted by Crippen LogP contribution is 2.21. The Labute approximate surface area is 142 Å². The van der Waals surface area contributed by atoms with E-state index in [1.54, 1.807) is 9.80 Å². The van der Waals surface area contributed by atoms with Crippen molar-refractivity contribution < 1.29 is 19.1 Å². The second-order valence-electron chi connectivity index (χ2n) is 6.28. The molecule has 0 aliphatic carbocycles. The molecule has 2 fully saturated rings. The van der Waals surface area contributed by atoms with E-state index in [4.69, 9.17) is 9.47 Å². The van der Waals surface area contributed by atoms with E-state index in [9.17, 15) is 9.59 Å². The first kappa shape index (κ1) is 16.8. The predicted octanol–water partition coefficient (Wildman–Crippen LogP) is 1.22. The molecule has 24 heavy (non-hydrogen) atoms. The van der Waals surface area contributed by atoms with Crippen molar-refractivity contribution in [3.63, 3.8) is 0 Å². The van der Waals surface area contributed by atoms with Crippen molar-refractivity contribution in [1.82, 2.24) is 9.80 Å². The maximum atomic E-state index is 12.7. The van der Waals surface area contributed by atoms with Crippen molar-refractivity contribution in [1.29, 1.82) is 0 Å². The van der Waals surface area contributed by atoms with Crippen LogP contribution in [0, 0.1) is 6.92 Å². The van der Waals surface area contributed by atoms with Crippen LogP contribution in [0.25, 0.3) is 0 Å². The maximum Gasteiger partial charge on any atom is 0.261 e. The number of hydrogen-bond acceptors (Lipinski definition) is 4. The molecule has 1 atom stereocenters. The minimum atomic E-state index is -0.350. The molecule has 2 heterocycles. The van der Waals surface area contributed by atoms with Gasteiger partial charge in [0, 0.05) is 19.6 Å². The van der Waals surface area contributed by atoms with Crippen LogP contribution in [0.1, 0.15) is 18.4 Å². The Morgan fingerprint density at radius 2 is 1.88 bits per heavy atom. The summed E-state index contributed by atoms with van der Waals surface area (Å²) in [7, 11) is 0. The molecular weight excluding hydrogens is 308 g/mol. The van der Waals surface area contributed by atoms with Crippen molar-refractivity contribution in [2.24, 2.45) is 0 Å². The van der Waals surface area contributed by atoms with Gasteiger partial charge in [-0.25, -0.2) is 0 Å². The fourth-order valence-electron chi connectivity index (χ4n) is 3.18. The second kappa shape index (κ2) is 7.66. The van der Waals surface area contributed by atoms with Crippen LogP contribution in [0.15, 0.2) is 24.3 Å². The quantitative estimate of drug-likeness (QED) is 0.832. The fraction of sp³-hybridized carbons (Fsp3) is 0.556. The Morgan fingerprint density at radius 1 is 1.17 bits per heavy atom. The van der Waals surface area contributed by atoms with Crippen LogP contribution in [0.2, 0.25) is 0 Å². The molecule has 6 heteroatoms. The Hall–Kier alpha value is -2.08. The van der Waals surface area contributed by atoms with Crippen molar-refractivity contribution in [3.8, 4) is 5.75 Å². The largest absolute Gasteiger partial charge is 0.484 e. The summed E-state index contributed by atoms with van der Waals surface area (Å²) in [5.41, 5.74) is 1.14. The van der Waals surface area contributed by atoms with E-state index in [2.05, 4.69) is 0 Å². The van der Waals surface area contributed by atoms with Gasteiger partial charge in [0.1, 0.15) is 11.8 Å².